The number of carbonyl (C=O) groups is 1. The summed E-state index contributed by atoms with van der Waals surface area (Å²) in [6.45, 7) is 5.86. The molecule has 0 spiro atoms. The molecule has 0 atom stereocenters. The first kappa shape index (κ1) is 22.7. The lowest BCUT2D eigenvalue weighted by Gasteiger charge is -2.09. The second-order valence-electron chi connectivity index (χ2n) is 7.94. The zero-order chi connectivity index (χ0) is 23.5. The number of pyridine rings is 1. The molecule has 1 amide bonds. The highest BCUT2D eigenvalue weighted by molar-refractivity contribution is 7.99. The van der Waals surface area contributed by atoms with E-state index in [1.165, 1.54) is 17.3 Å². The summed E-state index contributed by atoms with van der Waals surface area (Å²) in [5.41, 5.74) is 4.75. The highest BCUT2D eigenvalue weighted by Gasteiger charge is 2.16. The molecular formula is C24H26N6O2S. The molecule has 3 aromatic heterocycles. The Morgan fingerprint density at radius 2 is 1.85 bits per heavy atom. The van der Waals surface area contributed by atoms with Crippen LogP contribution in [0.4, 0.5) is 5.69 Å². The van der Waals surface area contributed by atoms with Crippen molar-refractivity contribution in [2.24, 2.45) is 7.05 Å². The first-order valence-electron chi connectivity index (χ1n) is 10.7. The van der Waals surface area contributed by atoms with Gasteiger partial charge in [0.1, 0.15) is 11.5 Å². The molecular weight excluding hydrogens is 436 g/mol. The van der Waals surface area contributed by atoms with Gasteiger partial charge in [-0.15, -0.1) is 10.2 Å². The van der Waals surface area contributed by atoms with Crippen molar-refractivity contribution in [3.05, 3.63) is 81.2 Å². The van der Waals surface area contributed by atoms with Crippen LogP contribution in [-0.2, 0) is 24.7 Å². The minimum atomic E-state index is -0.114. The van der Waals surface area contributed by atoms with Crippen molar-refractivity contribution < 1.29 is 4.79 Å². The summed E-state index contributed by atoms with van der Waals surface area (Å²) < 4.78 is 3.39. The maximum absolute atomic E-state index is 13.1. The number of fused-ring (bicyclic) bond motifs is 1. The van der Waals surface area contributed by atoms with Crippen molar-refractivity contribution in [2.75, 3.05) is 11.1 Å². The molecule has 8 nitrogen and oxygen atoms in total. The number of aryl methyl sites for hydroxylation is 3. The Morgan fingerprint density at radius 1 is 1.09 bits per heavy atom. The lowest BCUT2D eigenvalue weighted by Crippen LogP contribution is -2.22. The third kappa shape index (κ3) is 4.98. The van der Waals surface area contributed by atoms with E-state index < -0.39 is 0 Å². The minimum absolute atomic E-state index is 0.105. The average molecular weight is 463 g/mol. The quantitative estimate of drug-likeness (QED) is 0.424. The summed E-state index contributed by atoms with van der Waals surface area (Å²) in [5.74, 6) is 0.736. The molecule has 3 heterocycles. The number of benzene rings is 1. The van der Waals surface area contributed by atoms with Crippen LogP contribution < -0.4 is 10.9 Å². The largest absolute Gasteiger partial charge is 0.325 e. The average Bonchev–Trinajstić information content (AvgIpc) is 3.15. The lowest BCUT2D eigenvalue weighted by molar-refractivity contribution is -0.113. The van der Waals surface area contributed by atoms with Crippen LogP contribution in [0.3, 0.4) is 0 Å². The van der Waals surface area contributed by atoms with Crippen LogP contribution in [0.5, 0.6) is 0 Å². The molecule has 4 aromatic rings. The second-order valence-corrected chi connectivity index (χ2v) is 8.88. The van der Waals surface area contributed by atoms with Crippen molar-refractivity contribution in [2.45, 2.75) is 38.8 Å². The highest BCUT2D eigenvalue weighted by atomic mass is 32.2. The molecule has 170 valence electrons. The number of carbonyl (C=O) groups excluding carboxylic acids is 1. The summed E-state index contributed by atoms with van der Waals surface area (Å²) in [4.78, 5) is 30.0. The predicted octanol–water partition coefficient (Wildman–Crippen LogP) is 3.32. The fourth-order valence-corrected chi connectivity index (χ4v) is 4.26. The van der Waals surface area contributed by atoms with Gasteiger partial charge in [0.2, 0.25) is 5.91 Å². The summed E-state index contributed by atoms with van der Waals surface area (Å²) in [6.07, 6.45) is 3.06. The van der Waals surface area contributed by atoms with Crippen LogP contribution in [0.25, 0.3) is 5.65 Å². The Kier molecular flexibility index (Phi) is 6.60. The van der Waals surface area contributed by atoms with Crippen LogP contribution in [0.2, 0.25) is 0 Å². The Morgan fingerprint density at radius 3 is 2.58 bits per heavy atom. The van der Waals surface area contributed by atoms with Gasteiger partial charge in [0.05, 0.1) is 5.75 Å². The maximum atomic E-state index is 13.1. The smallest absolute Gasteiger partial charge is 0.261 e. The van der Waals surface area contributed by atoms with Crippen LogP contribution in [0.1, 0.15) is 35.1 Å². The molecule has 1 aromatic carbocycles. The molecule has 33 heavy (non-hydrogen) atoms. The van der Waals surface area contributed by atoms with E-state index in [-0.39, 0.29) is 17.2 Å². The first-order chi connectivity index (χ1) is 15.9. The molecule has 0 aliphatic heterocycles. The monoisotopic (exact) mass is 462 g/mol. The number of hydrogen-bond acceptors (Lipinski definition) is 6. The van der Waals surface area contributed by atoms with E-state index in [0.717, 1.165) is 17.7 Å². The van der Waals surface area contributed by atoms with Crippen LogP contribution in [-0.4, -0.2) is 35.8 Å². The van der Waals surface area contributed by atoms with Gasteiger partial charge < -0.3 is 9.88 Å². The van der Waals surface area contributed by atoms with E-state index in [0.29, 0.717) is 34.3 Å². The molecule has 0 aliphatic carbocycles. The van der Waals surface area contributed by atoms with Crippen LogP contribution in [0, 0.1) is 13.8 Å². The third-order valence-corrected chi connectivity index (χ3v) is 6.53. The molecule has 0 aliphatic rings. The first-order valence-corrected chi connectivity index (χ1v) is 11.7. The number of rotatable bonds is 7. The van der Waals surface area contributed by atoms with Gasteiger partial charge in [-0.3, -0.25) is 14.0 Å². The molecule has 1 N–H and O–H groups in total. The van der Waals surface area contributed by atoms with Crippen molar-refractivity contribution in [3.63, 3.8) is 0 Å². The Bertz CT molecular complexity index is 1370. The van der Waals surface area contributed by atoms with E-state index in [2.05, 4.69) is 27.4 Å². The fourth-order valence-electron chi connectivity index (χ4n) is 3.53. The highest BCUT2D eigenvalue weighted by Crippen LogP contribution is 2.18. The maximum Gasteiger partial charge on any atom is 0.261 e. The summed E-state index contributed by atoms with van der Waals surface area (Å²) in [7, 11) is 1.84. The van der Waals surface area contributed by atoms with Crippen molar-refractivity contribution in [1.82, 2.24) is 24.1 Å². The predicted molar refractivity (Wildman–Crippen MR) is 130 cm³/mol. The normalized spacial score (nSPS) is 11.2. The Balaban J connectivity index is 1.46. The van der Waals surface area contributed by atoms with Crippen molar-refractivity contribution in [1.29, 1.82) is 0 Å². The lowest BCUT2D eigenvalue weighted by atomic mass is 10.1. The number of aromatic nitrogens is 5. The van der Waals surface area contributed by atoms with E-state index in [1.807, 2.05) is 61.9 Å². The summed E-state index contributed by atoms with van der Waals surface area (Å²) in [6, 6.07) is 11.6. The third-order valence-electron chi connectivity index (χ3n) is 5.51. The van der Waals surface area contributed by atoms with Crippen LogP contribution >= 0.6 is 11.8 Å². The molecule has 0 saturated heterocycles. The summed E-state index contributed by atoms with van der Waals surface area (Å²) in [5, 5.41) is 12.0. The van der Waals surface area contributed by atoms with Gasteiger partial charge in [-0.2, -0.15) is 0 Å². The number of nitrogens with one attached hydrogen (secondary N) is 1. The number of hydrogen-bond donors (Lipinski definition) is 1. The number of anilines is 1. The zero-order valence-corrected chi connectivity index (χ0v) is 19.9. The van der Waals surface area contributed by atoms with E-state index in [4.69, 9.17) is 0 Å². The zero-order valence-electron chi connectivity index (χ0n) is 19.1. The Hall–Kier alpha value is -3.46. The van der Waals surface area contributed by atoms with Gasteiger partial charge >= 0.3 is 0 Å². The number of amides is 1. The van der Waals surface area contributed by atoms with Crippen molar-refractivity contribution >= 4 is 29.0 Å². The Labute approximate surface area is 196 Å². The van der Waals surface area contributed by atoms with Crippen LogP contribution in [0.15, 0.2) is 52.5 Å². The van der Waals surface area contributed by atoms with Gasteiger partial charge in [-0.1, -0.05) is 36.9 Å². The molecule has 9 heteroatoms. The van der Waals surface area contributed by atoms with E-state index >= 15 is 0 Å². The number of thioether (sulfide) groups is 1. The minimum Gasteiger partial charge on any atom is -0.325 e. The molecule has 0 fully saturated rings. The van der Waals surface area contributed by atoms with Gasteiger partial charge in [0.15, 0.2) is 5.16 Å². The van der Waals surface area contributed by atoms with Gasteiger partial charge in [-0.05, 0) is 49.6 Å². The van der Waals surface area contributed by atoms with E-state index in [1.54, 1.807) is 10.6 Å². The van der Waals surface area contributed by atoms with Gasteiger partial charge in [-0.25, -0.2) is 4.98 Å². The fraction of sp³-hybridized carbons (Fsp3) is 0.292. The molecule has 0 saturated carbocycles. The number of nitrogens with zero attached hydrogens (tertiary/aromatic N) is 5. The SMILES string of the molecule is CCc1ccc(NC(=O)CSc2nnc(Cc3c(C)nc4ccc(C)cn4c3=O)n2C)cc1. The van der Waals surface area contributed by atoms with Gasteiger partial charge in [0, 0.05) is 36.6 Å². The van der Waals surface area contributed by atoms with Gasteiger partial charge in [0.25, 0.3) is 5.56 Å². The topological polar surface area (TPSA) is 94.2 Å². The standard InChI is InChI=1S/C24H26N6O2S/c1-5-17-7-9-18(10-8-17)26-22(31)14-33-24-28-27-21(29(24)4)12-19-16(3)25-20-11-6-15(2)13-30(20)23(19)32/h6-11,13H,5,12,14H2,1-4H3,(H,26,31). The summed E-state index contributed by atoms with van der Waals surface area (Å²) >= 11 is 1.30. The molecule has 0 unspecified atom stereocenters. The molecule has 4 rings (SSSR count). The van der Waals surface area contributed by atoms with Crippen molar-refractivity contribution in [3.8, 4) is 0 Å². The molecule has 0 radical (unpaired) electrons. The molecule has 0 bridgehead atoms. The van der Waals surface area contributed by atoms with E-state index in [9.17, 15) is 9.59 Å². The second kappa shape index (κ2) is 9.58.